The summed E-state index contributed by atoms with van der Waals surface area (Å²) < 4.78 is 11.2. The number of carbonyl (C=O) groups excluding carboxylic acids is 1. The minimum Gasteiger partial charge on any atom is -0.497 e. The molecule has 142 valence electrons. The van der Waals surface area contributed by atoms with E-state index in [1.54, 1.807) is 18.9 Å². The molecule has 0 radical (unpaired) electrons. The van der Waals surface area contributed by atoms with E-state index in [0.29, 0.717) is 12.4 Å². The molecule has 0 aliphatic carbocycles. The van der Waals surface area contributed by atoms with Gasteiger partial charge in [0.1, 0.15) is 23.5 Å². The molecule has 1 amide bonds. The predicted octanol–water partition coefficient (Wildman–Crippen LogP) is 5.05. The van der Waals surface area contributed by atoms with Crippen molar-refractivity contribution >= 4 is 23.4 Å². The second-order valence-electron chi connectivity index (χ2n) is 6.47. The first kappa shape index (κ1) is 18.4. The average Bonchev–Trinajstić information content (AvgIpc) is 3.15. The lowest BCUT2D eigenvalue weighted by Gasteiger charge is -2.25. The van der Waals surface area contributed by atoms with Crippen LogP contribution in [0.15, 0.2) is 78.9 Å². The summed E-state index contributed by atoms with van der Waals surface area (Å²) in [5, 5.41) is -0.0530. The molecule has 0 unspecified atom stereocenters. The lowest BCUT2D eigenvalue weighted by molar-refractivity contribution is -0.115. The summed E-state index contributed by atoms with van der Waals surface area (Å²) in [5.41, 5.74) is 3.06. The van der Waals surface area contributed by atoms with Crippen LogP contribution in [0.3, 0.4) is 0 Å². The number of carbonyl (C=O) groups is 1. The molecule has 3 aromatic carbocycles. The maximum absolute atomic E-state index is 12.5. The van der Waals surface area contributed by atoms with Crippen molar-refractivity contribution in [2.45, 2.75) is 12.0 Å². The van der Waals surface area contributed by atoms with Crippen molar-refractivity contribution in [3.63, 3.8) is 0 Å². The summed E-state index contributed by atoms with van der Waals surface area (Å²) in [7, 11) is 1.63. The number of anilines is 1. The molecule has 1 fully saturated rings. The molecule has 0 bridgehead atoms. The fraction of sp³-hybridized carbons (Fsp3) is 0.174. The maximum atomic E-state index is 12.5. The Morgan fingerprint density at radius 1 is 0.964 bits per heavy atom. The Bertz CT molecular complexity index is 944. The van der Waals surface area contributed by atoms with E-state index in [4.69, 9.17) is 9.47 Å². The number of methoxy groups -OCH3 is 1. The van der Waals surface area contributed by atoms with Crippen LogP contribution < -0.4 is 14.4 Å². The zero-order chi connectivity index (χ0) is 19.3. The molecule has 5 heteroatoms. The summed E-state index contributed by atoms with van der Waals surface area (Å²) in [4.78, 5) is 14.4. The van der Waals surface area contributed by atoms with Gasteiger partial charge in [-0.15, -0.1) is 11.8 Å². The van der Waals surface area contributed by atoms with E-state index in [1.807, 2.05) is 83.8 Å². The van der Waals surface area contributed by atoms with Crippen LogP contribution in [0.2, 0.25) is 0 Å². The van der Waals surface area contributed by atoms with Crippen molar-refractivity contribution in [2.75, 3.05) is 17.8 Å². The van der Waals surface area contributed by atoms with Crippen molar-refractivity contribution in [2.24, 2.45) is 0 Å². The Morgan fingerprint density at radius 2 is 1.75 bits per heavy atom. The van der Waals surface area contributed by atoms with E-state index in [9.17, 15) is 4.79 Å². The topological polar surface area (TPSA) is 38.8 Å². The highest BCUT2D eigenvalue weighted by atomic mass is 32.2. The smallest absolute Gasteiger partial charge is 0.238 e. The van der Waals surface area contributed by atoms with Gasteiger partial charge < -0.3 is 9.47 Å². The van der Waals surface area contributed by atoms with Crippen LogP contribution in [0.25, 0.3) is 0 Å². The Morgan fingerprint density at radius 3 is 2.50 bits per heavy atom. The van der Waals surface area contributed by atoms with Gasteiger partial charge in [0.05, 0.1) is 12.9 Å². The zero-order valence-electron chi connectivity index (χ0n) is 15.6. The van der Waals surface area contributed by atoms with E-state index < -0.39 is 0 Å². The molecule has 1 aliphatic rings. The molecule has 28 heavy (non-hydrogen) atoms. The number of ether oxygens (including phenoxy) is 2. The summed E-state index contributed by atoms with van der Waals surface area (Å²) in [5.74, 6) is 2.13. The maximum Gasteiger partial charge on any atom is 0.238 e. The van der Waals surface area contributed by atoms with Crippen LogP contribution in [0, 0.1) is 0 Å². The molecule has 1 saturated heterocycles. The third kappa shape index (κ3) is 3.99. The van der Waals surface area contributed by atoms with Crippen molar-refractivity contribution in [1.29, 1.82) is 0 Å². The molecule has 0 N–H and O–H groups in total. The molecule has 3 aromatic rings. The number of hydrogen-bond donors (Lipinski definition) is 0. The van der Waals surface area contributed by atoms with Crippen molar-refractivity contribution in [1.82, 2.24) is 0 Å². The molecule has 0 spiro atoms. The van der Waals surface area contributed by atoms with Gasteiger partial charge in [-0.3, -0.25) is 9.69 Å². The van der Waals surface area contributed by atoms with Gasteiger partial charge in [-0.2, -0.15) is 0 Å². The molecular formula is C23H21NO3S. The van der Waals surface area contributed by atoms with Crippen molar-refractivity contribution in [3.05, 3.63) is 90.0 Å². The molecule has 0 saturated carbocycles. The Hall–Kier alpha value is -2.92. The summed E-state index contributed by atoms with van der Waals surface area (Å²) in [6.07, 6.45) is 0. The average molecular weight is 391 g/mol. The number of amides is 1. The fourth-order valence-electron chi connectivity index (χ4n) is 3.18. The number of rotatable bonds is 6. The van der Waals surface area contributed by atoms with Gasteiger partial charge in [0.25, 0.3) is 0 Å². The highest BCUT2D eigenvalue weighted by Gasteiger charge is 2.34. The van der Waals surface area contributed by atoms with E-state index >= 15 is 0 Å². The van der Waals surface area contributed by atoms with Gasteiger partial charge in [-0.25, -0.2) is 0 Å². The highest BCUT2D eigenvalue weighted by Crippen LogP contribution is 2.42. The largest absolute Gasteiger partial charge is 0.497 e. The van der Waals surface area contributed by atoms with Gasteiger partial charge in [-0.1, -0.05) is 48.5 Å². The molecule has 4 rings (SSSR count). The van der Waals surface area contributed by atoms with Gasteiger partial charge >= 0.3 is 0 Å². The lowest BCUT2D eigenvalue weighted by atomic mass is 10.1. The summed E-state index contributed by atoms with van der Waals surface area (Å²) >= 11 is 1.63. The first-order chi connectivity index (χ1) is 13.7. The van der Waals surface area contributed by atoms with Crippen LogP contribution in [-0.4, -0.2) is 18.8 Å². The fourth-order valence-corrected chi connectivity index (χ4v) is 4.36. The molecule has 1 atom stereocenters. The SMILES string of the molecule is COc1cccc(N2C(=O)CS[C@H]2c2ccc(OCc3ccccc3)cc2)c1. The number of nitrogens with zero attached hydrogens (tertiary/aromatic N) is 1. The lowest BCUT2D eigenvalue weighted by Crippen LogP contribution is -2.27. The molecule has 1 heterocycles. The minimum absolute atomic E-state index is 0.0530. The van der Waals surface area contributed by atoms with Gasteiger partial charge in [-0.05, 0) is 35.4 Å². The van der Waals surface area contributed by atoms with E-state index in [0.717, 1.165) is 28.3 Å². The molecular weight excluding hydrogens is 370 g/mol. The first-order valence-electron chi connectivity index (χ1n) is 9.09. The van der Waals surface area contributed by atoms with Gasteiger partial charge in [0.2, 0.25) is 5.91 Å². The normalized spacial score (nSPS) is 16.2. The van der Waals surface area contributed by atoms with Gasteiger partial charge in [0, 0.05) is 11.8 Å². The van der Waals surface area contributed by atoms with Crippen LogP contribution in [0.1, 0.15) is 16.5 Å². The number of hydrogen-bond acceptors (Lipinski definition) is 4. The van der Waals surface area contributed by atoms with Crippen LogP contribution in [0.4, 0.5) is 5.69 Å². The standard InChI is InChI=1S/C23H21NO3S/c1-26-21-9-5-8-19(14-21)24-22(25)16-28-23(24)18-10-12-20(13-11-18)27-15-17-6-3-2-4-7-17/h2-14,23H,15-16H2,1H3/t23-/m0/s1. The van der Waals surface area contributed by atoms with Crippen molar-refractivity contribution < 1.29 is 14.3 Å². The molecule has 4 nitrogen and oxygen atoms in total. The Balaban J connectivity index is 1.50. The quantitative estimate of drug-likeness (QED) is 0.589. The Labute approximate surface area is 169 Å². The van der Waals surface area contributed by atoms with Crippen LogP contribution >= 0.6 is 11.8 Å². The van der Waals surface area contributed by atoms with Gasteiger partial charge in [0.15, 0.2) is 0 Å². The monoisotopic (exact) mass is 391 g/mol. The Kier molecular flexibility index (Phi) is 5.53. The first-order valence-corrected chi connectivity index (χ1v) is 10.1. The predicted molar refractivity (Wildman–Crippen MR) is 113 cm³/mol. The third-order valence-corrected chi connectivity index (χ3v) is 5.83. The summed E-state index contributed by atoms with van der Waals surface area (Å²) in [6, 6.07) is 25.7. The highest BCUT2D eigenvalue weighted by molar-refractivity contribution is 8.00. The number of thioether (sulfide) groups is 1. The third-order valence-electron chi connectivity index (χ3n) is 4.61. The second kappa shape index (κ2) is 8.40. The van der Waals surface area contributed by atoms with E-state index in [-0.39, 0.29) is 11.3 Å². The van der Waals surface area contributed by atoms with E-state index in [2.05, 4.69) is 0 Å². The molecule has 1 aliphatic heterocycles. The van der Waals surface area contributed by atoms with Crippen LogP contribution in [-0.2, 0) is 11.4 Å². The number of benzene rings is 3. The second-order valence-corrected chi connectivity index (χ2v) is 7.54. The summed E-state index contributed by atoms with van der Waals surface area (Å²) in [6.45, 7) is 0.535. The molecule has 0 aromatic heterocycles. The van der Waals surface area contributed by atoms with Crippen LogP contribution in [0.5, 0.6) is 11.5 Å². The minimum atomic E-state index is -0.0530. The van der Waals surface area contributed by atoms with E-state index in [1.165, 1.54) is 0 Å². The zero-order valence-corrected chi connectivity index (χ0v) is 16.4. The van der Waals surface area contributed by atoms with Crippen molar-refractivity contribution in [3.8, 4) is 11.5 Å².